The van der Waals surface area contributed by atoms with Crippen LogP contribution < -0.4 is 0 Å². The van der Waals surface area contributed by atoms with Crippen molar-refractivity contribution in [2.24, 2.45) is 5.16 Å². The summed E-state index contributed by atoms with van der Waals surface area (Å²) in [4.78, 5) is 9.00. The number of hydrogen-bond acceptors (Lipinski definition) is 3. The highest BCUT2D eigenvalue weighted by molar-refractivity contribution is 6.00. The first-order valence-corrected chi connectivity index (χ1v) is 4.68. The molecule has 0 aliphatic rings. The molecule has 4 nitrogen and oxygen atoms in total. The smallest absolute Gasteiger partial charge is 0.300 e. The van der Waals surface area contributed by atoms with E-state index in [1.165, 1.54) is 0 Å². The first kappa shape index (κ1) is 13.9. The third-order valence-electron chi connectivity index (χ3n) is 1.57. The van der Waals surface area contributed by atoms with E-state index in [1.54, 1.807) is 6.08 Å². The van der Waals surface area contributed by atoms with E-state index in [4.69, 9.17) is 15.1 Å². The van der Waals surface area contributed by atoms with Gasteiger partial charge in [-0.1, -0.05) is 41.6 Å². The second-order valence-corrected chi connectivity index (χ2v) is 2.92. The van der Waals surface area contributed by atoms with E-state index in [0.717, 1.165) is 12.5 Å². The highest BCUT2D eigenvalue weighted by atomic mass is 16.4. The zero-order valence-corrected chi connectivity index (χ0v) is 9.13. The van der Waals surface area contributed by atoms with Crippen molar-refractivity contribution in [2.75, 3.05) is 0 Å². The molecule has 0 heterocycles. The lowest BCUT2D eigenvalue weighted by molar-refractivity contribution is -0.134. The maximum Gasteiger partial charge on any atom is 0.300 e. The van der Waals surface area contributed by atoms with Crippen LogP contribution in [-0.4, -0.2) is 22.0 Å². The van der Waals surface area contributed by atoms with E-state index in [0.29, 0.717) is 12.1 Å². The largest absolute Gasteiger partial charge is 0.481 e. The topological polar surface area (TPSA) is 69.9 Å². The van der Waals surface area contributed by atoms with Gasteiger partial charge in [0.15, 0.2) is 0 Å². The van der Waals surface area contributed by atoms with Crippen molar-refractivity contribution in [3.63, 3.8) is 0 Å². The molecule has 16 heavy (non-hydrogen) atoms. The maximum atomic E-state index is 9.00. The monoisotopic (exact) mass is 221 g/mol. The average Bonchev–Trinajstić information content (AvgIpc) is 2.26. The number of benzene rings is 1. The summed E-state index contributed by atoms with van der Waals surface area (Å²) >= 11 is 0. The highest BCUT2D eigenvalue weighted by Gasteiger charge is 1.99. The van der Waals surface area contributed by atoms with Crippen LogP contribution in [0.15, 0.2) is 48.1 Å². The van der Waals surface area contributed by atoms with Crippen molar-refractivity contribution in [3.05, 3.63) is 48.6 Å². The van der Waals surface area contributed by atoms with Crippen molar-refractivity contribution < 1.29 is 15.1 Å². The Morgan fingerprint density at radius 1 is 1.44 bits per heavy atom. The summed E-state index contributed by atoms with van der Waals surface area (Å²) in [6, 6.07) is 9.54. The van der Waals surface area contributed by atoms with Gasteiger partial charge in [0.2, 0.25) is 0 Å². The number of nitrogens with zero attached hydrogens (tertiary/aromatic N) is 1. The predicted molar refractivity (Wildman–Crippen MR) is 62.9 cm³/mol. The number of aliphatic carboxylic acids is 1. The van der Waals surface area contributed by atoms with Crippen LogP contribution in [0.2, 0.25) is 0 Å². The van der Waals surface area contributed by atoms with Gasteiger partial charge in [0.1, 0.15) is 0 Å². The Hall–Kier alpha value is -2.10. The number of hydrogen-bond donors (Lipinski definition) is 2. The van der Waals surface area contributed by atoms with E-state index in [9.17, 15) is 0 Å². The van der Waals surface area contributed by atoms with Crippen LogP contribution in [0.3, 0.4) is 0 Å². The van der Waals surface area contributed by atoms with E-state index in [1.807, 2.05) is 30.3 Å². The van der Waals surface area contributed by atoms with E-state index >= 15 is 0 Å². The number of carboxylic acid groups (broad SMARTS) is 1. The molecule has 0 saturated heterocycles. The molecular formula is C12H15NO3. The second-order valence-electron chi connectivity index (χ2n) is 2.92. The number of rotatable bonds is 3. The second kappa shape index (κ2) is 8.23. The molecule has 0 bridgehead atoms. The first-order chi connectivity index (χ1) is 7.61. The number of allylic oxidation sites excluding steroid dienone is 1. The summed E-state index contributed by atoms with van der Waals surface area (Å²) in [5.74, 6) is -0.833. The van der Waals surface area contributed by atoms with Gasteiger partial charge in [-0.25, -0.2) is 0 Å². The van der Waals surface area contributed by atoms with Crippen molar-refractivity contribution >= 4 is 11.7 Å². The predicted octanol–water partition coefficient (Wildman–Crippen LogP) is 2.53. The lowest BCUT2D eigenvalue weighted by Crippen LogP contribution is -1.98. The Balaban J connectivity index is 0.000000487. The normalized spacial score (nSPS) is 9.94. The molecular weight excluding hydrogens is 206 g/mol. The van der Waals surface area contributed by atoms with Gasteiger partial charge in [0, 0.05) is 13.3 Å². The lowest BCUT2D eigenvalue weighted by atomic mass is 10.1. The number of carbonyl (C=O) groups is 1. The molecule has 0 radical (unpaired) electrons. The Morgan fingerprint density at radius 3 is 2.31 bits per heavy atom. The third-order valence-corrected chi connectivity index (χ3v) is 1.57. The highest BCUT2D eigenvalue weighted by Crippen LogP contribution is 2.04. The third kappa shape index (κ3) is 6.37. The van der Waals surface area contributed by atoms with Crippen LogP contribution in [-0.2, 0) is 4.79 Å². The summed E-state index contributed by atoms with van der Waals surface area (Å²) in [5.41, 5.74) is 1.57. The average molecular weight is 221 g/mol. The fraction of sp³-hybridized carbons (Fsp3) is 0.167. The maximum absolute atomic E-state index is 9.00. The van der Waals surface area contributed by atoms with Gasteiger partial charge in [-0.15, -0.1) is 6.58 Å². The Labute approximate surface area is 94.5 Å². The molecule has 86 valence electrons. The molecule has 0 spiro atoms. The van der Waals surface area contributed by atoms with Crippen LogP contribution >= 0.6 is 0 Å². The van der Waals surface area contributed by atoms with Crippen molar-refractivity contribution in [3.8, 4) is 0 Å². The van der Waals surface area contributed by atoms with Crippen LogP contribution in [0.5, 0.6) is 0 Å². The first-order valence-electron chi connectivity index (χ1n) is 4.68. The molecule has 4 heteroatoms. The van der Waals surface area contributed by atoms with Gasteiger partial charge in [-0.2, -0.15) is 0 Å². The molecule has 2 N–H and O–H groups in total. The van der Waals surface area contributed by atoms with E-state index in [2.05, 4.69) is 11.7 Å². The molecule has 0 unspecified atom stereocenters. The van der Waals surface area contributed by atoms with E-state index < -0.39 is 5.97 Å². The van der Waals surface area contributed by atoms with Gasteiger partial charge in [-0.3, -0.25) is 4.79 Å². The Bertz CT molecular complexity index is 354. The Morgan fingerprint density at radius 2 is 1.94 bits per heavy atom. The molecule has 1 aromatic carbocycles. The minimum atomic E-state index is -0.833. The van der Waals surface area contributed by atoms with Crippen LogP contribution in [0, 0.1) is 0 Å². The summed E-state index contributed by atoms with van der Waals surface area (Å²) in [6.07, 6.45) is 2.29. The SMILES string of the molecule is C=CCC(=NO)c1ccccc1.CC(=O)O. The molecule has 0 aliphatic heterocycles. The van der Waals surface area contributed by atoms with E-state index in [-0.39, 0.29) is 0 Å². The summed E-state index contributed by atoms with van der Waals surface area (Å²) < 4.78 is 0. The molecule has 0 aromatic heterocycles. The minimum Gasteiger partial charge on any atom is -0.481 e. The van der Waals surface area contributed by atoms with Gasteiger partial charge in [0.05, 0.1) is 5.71 Å². The van der Waals surface area contributed by atoms with Gasteiger partial charge in [0.25, 0.3) is 5.97 Å². The standard InChI is InChI=1S/C10H11NO.C2H4O2/c1-2-6-10(11-12)9-7-4-3-5-8-9;1-2(3)4/h2-5,7-8,12H,1,6H2;1H3,(H,3,4). The van der Waals surface area contributed by atoms with Crippen molar-refractivity contribution in [1.82, 2.24) is 0 Å². The van der Waals surface area contributed by atoms with Crippen LogP contribution in [0.4, 0.5) is 0 Å². The number of oxime groups is 1. The fourth-order valence-electron chi connectivity index (χ4n) is 0.984. The molecule has 0 aliphatic carbocycles. The zero-order chi connectivity index (χ0) is 12.4. The minimum absolute atomic E-state index is 0.584. The summed E-state index contributed by atoms with van der Waals surface area (Å²) in [7, 11) is 0. The Kier molecular flexibility index (Phi) is 7.15. The van der Waals surface area contributed by atoms with Gasteiger partial charge >= 0.3 is 0 Å². The summed E-state index contributed by atoms with van der Waals surface area (Å²) in [6.45, 7) is 4.67. The molecule has 1 rings (SSSR count). The molecule has 0 amide bonds. The van der Waals surface area contributed by atoms with Crippen LogP contribution in [0.25, 0.3) is 0 Å². The lowest BCUT2D eigenvalue weighted by Gasteiger charge is -1.99. The van der Waals surface area contributed by atoms with Crippen LogP contribution in [0.1, 0.15) is 18.9 Å². The molecule has 1 aromatic rings. The molecule has 0 atom stereocenters. The quantitative estimate of drug-likeness (QED) is 0.356. The molecule has 0 saturated carbocycles. The van der Waals surface area contributed by atoms with Gasteiger partial charge < -0.3 is 10.3 Å². The van der Waals surface area contributed by atoms with Crippen molar-refractivity contribution in [2.45, 2.75) is 13.3 Å². The number of carboxylic acids is 1. The zero-order valence-electron chi connectivity index (χ0n) is 9.13. The molecule has 0 fully saturated rings. The van der Waals surface area contributed by atoms with Crippen molar-refractivity contribution in [1.29, 1.82) is 0 Å². The summed E-state index contributed by atoms with van der Waals surface area (Å²) in [5, 5.41) is 19.3. The fourth-order valence-corrected chi connectivity index (χ4v) is 0.984. The van der Waals surface area contributed by atoms with Gasteiger partial charge in [-0.05, 0) is 5.56 Å².